The van der Waals surface area contributed by atoms with Crippen LogP contribution < -0.4 is 0 Å². The third kappa shape index (κ3) is 37.8. The molecule has 53 heavy (non-hydrogen) atoms. The molecule has 0 unspecified atom stereocenters. The Balaban J connectivity index is 4.43. The lowest BCUT2D eigenvalue weighted by molar-refractivity contribution is -0.143. The van der Waals surface area contributed by atoms with E-state index in [0.29, 0.717) is 42.1 Å². The van der Waals surface area contributed by atoms with E-state index in [1.54, 1.807) is 0 Å². The second kappa shape index (κ2) is 35.5. The number of nitrogens with zero attached hydrogens (tertiary/aromatic N) is 1. The maximum absolute atomic E-state index is 12.1. The topological polar surface area (TPSA) is 55.8 Å². The van der Waals surface area contributed by atoms with E-state index < -0.39 is 0 Å². The first-order valence-corrected chi connectivity index (χ1v) is 24.3. The van der Waals surface area contributed by atoms with Gasteiger partial charge < -0.3 is 14.4 Å². The molecule has 0 aliphatic heterocycles. The Kier molecular flexibility index (Phi) is 34.9. The van der Waals surface area contributed by atoms with Gasteiger partial charge in [0.05, 0.1) is 0 Å². The zero-order chi connectivity index (χ0) is 39.5. The fourth-order valence-electron chi connectivity index (χ4n) is 7.31. The molecule has 0 bridgehead atoms. The van der Waals surface area contributed by atoms with Crippen molar-refractivity contribution in [3.63, 3.8) is 0 Å². The second-order valence-corrected chi connectivity index (χ2v) is 20.0. The standard InChI is InChI=1S/C46H87NO4S2/c1-9-11-13-15-17-25-31-37-50-43(48)35-29-23-19-21-27-33-42(53-52-41-46(5,6)39-45(3,4)40-47(7)8)34-28-22-20-24-30-36-44(49)51-38-32-26-18-16-14-12-10-2/h25-26,31-32,42H,9-24,27-30,33-41H2,1-8H3. The molecule has 5 nitrogen and oxygen atoms in total. The minimum Gasteiger partial charge on any atom is -0.461 e. The van der Waals surface area contributed by atoms with Crippen molar-refractivity contribution in [3.8, 4) is 0 Å². The first-order valence-electron chi connectivity index (χ1n) is 21.9. The van der Waals surface area contributed by atoms with Gasteiger partial charge in [0.2, 0.25) is 0 Å². The van der Waals surface area contributed by atoms with Gasteiger partial charge in [0.25, 0.3) is 0 Å². The summed E-state index contributed by atoms with van der Waals surface area (Å²) in [5.74, 6) is 1.07. The highest BCUT2D eigenvalue weighted by Gasteiger charge is 2.29. The van der Waals surface area contributed by atoms with Gasteiger partial charge in [0.15, 0.2) is 0 Å². The molecular weight excluding hydrogens is 695 g/mol. The Labute approximate surface area is 338 Å². The maximum Gasteiger partial charge on any atom is 0.306 e. The predicted octanol–water partition coefficient (Wildman–Crippen LogP) is 14.3. The number of hydrogen-bond acceptors (Lipinski definition) is 7. The van der Waals surface area contributed by atoms with Gasteiger partial charge in [-0.25, -0.2) is 0 Å². The molecule has 7 heteroatoms. The monoisotopic (exact) mass is 782 g/mol. The van der Waals surface area contributed by atoms with Crippen LogP contribution in [0.1, 0.15) is 202 Å². The zero-order valence-corrected chi connectivity index (χ0v) is 37.9. The van der Waals surface area contributed by atoms with Gasteiger partial charge in [0, 0.05) is 30.4 Å². The summed E-state index contributed by atoms with van der Waals surface area (Å²) in [6.07, 6.45) is 37.0. The Hall–Kier alpha value is -0.920. The van der Waals surface area contributed by atoms with Crippen molar-refractivity contribution in [2.75, 3.05) is 39.6 Å². The van der Waals surface area contributed by atoms with Crippen LogP contribution in [-0.4, -0.2) is 61.7 Å². The average molecular weight is 782 g/mol. The fraction of sp³-hybridized carbons (Fsp3) is 0.870. The first kappa shape index (κ1) is 52.1. The molecule has 0 atom stereocenters. The molecule has 0 amide bonds. The highest BCUT2D eigenvalue weighted by Crippen LogP contribution is 2.42. The van der Waals surface area contributed by atoms with Crippen molar-refractivity contribution < 1.29 is 19.1 Å². The lowest BCUT2D eigenvalue weighted by Gasteiger charge is -2.36. The largest absolute Gasteiger partial charge is 0.461 e. The summed E-state index contributed by atoms with van der Waals surface area (Å²) < 4.78 is 10.8. The van der Waals surface area contributed by atoms with Crippen molar-refractivity contribution in [2.24, 2.45) is 10.8 Å². The SMILES string of the molecule is CCCCCCC=CCOC(=O)CCCCCCCC(CCCCCCCC(=O)OCC=CCCCCCC)SSCC(C)(C)CC(C)(C)CN(C)C. The minimum absolute atomic E-state index is 0.0571. The first-order chi connectivity index (χ1) is 25.4. The van der Waals surface area contributed by atoms with E-state index in [2.05, 4.69) is 94.3 Å². The second-order valence-electron chi connectivity index (χ2n) is 17.3. The number of rotatable bonds is 38. The summed E-state index contributed by atoms with van der Waals surface area (Å²) in [4.78, 5) is 26.5. The van der Waals surface area contributed by atoms with Crippen molar-refractivity contribution in [1.29, 1.82) is 0 Å². The molecule has 0 saturated heterocycles. The van der Waals surface area contributed by atoms with E-state index in [1.165, 1.54) is 115 Å². The Bertz CT molecular complexity index is 865. The number of allylic oxidation sites excluding steroid dienone is 2. The lowest BCUT2D eigenvalue weighted by atomic mass is 9.76. The molecule has 0 radical (unpaired) electrons. The van der Waals surface area contributed by atoms with Crippen molar-refractivity contribution in [1.82, 2.24) is 4.90 Å². The lowest BCUT2D eigenvalue weighted by Crippen LogP contribution is -2.33. The van der Waals surface area contributed by atoms with Crippen LogP contribution in [0.15, 0.2) is 24.3 Å². The molecule has 0 saturated carbocycles. The molecule has 0 aromatic rings. The average Bonchev–Trinajstić information content (AvgIpc) is 3.08. The van der Waals surface area contributed by atoms with Crippen molar-refractivity contribution in [3.05, 3.63) is 24.3 Å². The number of unbranched alkanes of at least 4 members (excludes halogenated alkanes) is 16. The molecule has 0 spiro atoms. The number of carbonyl (C=O) groups is 2. The molecule has 0 fully saturated rings. The van der Waals surface area contributed by atoms with Crippen LogP contribution in [0.3, 0.4) is 0 Å². The summed E-state index contributed by atoms with van der Waals surface area (Å²) in [6, 6.07) is 0. The summed E-state index contributed by atoms with van der Waals surface area (Å²) in [7, 11) is 8.59. The van der Waals surface area contributed by atoms with Gasteiger partial charge in [-0.1, -0.05) is 177 Å². The number of esters is 2. The molecule has 312 valence electrons. The van der Waals surface area contributed by atoms with Crippen molar-refractivity contribution in [2.45, 2.75) is 207 Å². The summed E-state index contributed by atoms with van der Waals surface area (Å²) >= 11 is 0. The molecular formula is C46H87NO4S2. The summed E-state index contributed by atoms with van der Waals surface area (Å²) in [5, 5.41) is 0.690. The normalized spacial score (nSPS) is 13.1. The highest BCUT2D eigenvalue weighted by atomic mass is 33.1. The van der Waals surface area contributed by atoms with E-state index in [1.807, 2.05) is 12.2 Å². The highest BCUT2D eigenvalue weighted by molar-refractivity contribution is 8.76. The minimum atomic E-state index is -0.0571. The number of carbonyl (C=O) groups excluding carboxylic acids is 2. The van der Waals surface area contributed by atoms with Crippen LogP contribution in [0.5, 0.6) is 0 Å². The molecule has 0 rings (SSSR count). The smallest absolute Gasteiger partial charge is 0.306 e. The van der Waals surface area contributed by atoms with Gasteiger partial charge in [0.1, 0.15) is 13.2 Å². The van der Waals surface area contributed by atoms with Crippen LogP contribution in [0.25, 0.3) is 0 Å². The van der Waals surface area contributed by atoms with Crippen molar-refractivity contribution >= 4 is 33.5 Å². The summed E-state index contributed by atoms with van der Waals surface area (Å²) in [5.41, 5.74) is 0.611. The number of hydrogen-bond donors (Lipinski definition) is 0. The van der Waals surface area contributed by atoms with Gasteiger partial charge in [-0.15, -0.1) is 0 Å². The van der Waals surface area contributed by atoms with Crippen LogP contribution in [0.2, 0.25) is 0 Å². The quantitative estimate of drug-likeness (QED) is 0.0268. The predicted molar refractivity (Wildman–Crippen MR) is 237 cm³/mol. The molecule has 0 N–H and O–H groups in total. The van der Waals surface area contributed by atoms with Crippen LogP contribution in [-0.2, 0) is 19.1 Å². The third-order valence-corrected chi connectivity index (χ3v) is 13.0. The van der Waals surface area contributed by atoms with Gasteiger partial charge in [-0.3, -0.25) is 9.59 Å². The molecule has 0 aromatic heterocycles. The Morgan fingerprint density at radius 3 is 1.47 bits per heavy atom. The van der Waals surface area contributed by atoms with E-state index in [0.717, 1.165) is 45.1 Å². The van der Waals surface area contributed by atoms with Crippen LogP contribution in [0.4, 0.5) is 0 Å². The van der Waals surface area contributed by atoms with Crippen LogP contribution >= 0.6 is 21.6 Å². The van der Waals surface area contributed by atoms with E-state index >= 15 is 0 Å². The summed E-state index contributed by atoms with van der Waals surface area (Å²) in [6.45, 7) is 16.1. The maximum atomic E-state index is 12.1. The number of ether oxygens (including phenoxy) is 2. The zero-order valence-electron chi connectivity index (χ0n) is 36.3. The molecule has 0 heterocycles. The van der Waals surface area contributed by atoms with E-state index in [4.69, 9.17) is 9.47 Å². The Morgan fingerprint density at radius 1 is 0.585 bits per heavy atom. The Morgan fingerprint density at radius 2 is 1.02 bits per heavy atom. The third-order valence-electron chi connectivity index (χ3n) is 9.63. The van der Waals surface area contributed by atoms with E-state index in [-0.39, 0.29) is 11.9 Å². The van der Waals surface area contributed by atoms with Gasteiger partial charge >= 0.3 is 11.9 Å². The molecule has 0 aromatic carbocycles. The van der Waals surface area contributed by atoms with Crippen LogP contribution in [0, 0.1) is 10.8 Å². The molecule has 0 aliphatic carbocycles. The van der Waals surface area contributed by atoms with Gasteiger partial charge in [-0.2, -0.15) is 0 Å². The molecule has 0 aliphatic rings. The van der Waals surface area contributed by atoms with Gasteiger partial charge in [-0.05, 0) is 82.7 Å². The fourth-order valence-corrected chi connectivity index (χ4v) is 10.8. The van der Waals surface area contributed by atoms with E-state index in [9.17, 15) is 9.59 Å².